The molecule has 1 rings (SSSR count). The van der Waals surface area contributed by atoms with Crippen molar-refractivity contribution in [2.75, 3.05) is 18.9 Å². The Balaban J connectivity index is 3.06. The zero-order valence-corrected chi connectivity index (χ0v) is 27.0. The Morgan fingerprint density at radius 1 is 1.07 bits per heavy atom. The van der Waals surface area contributed by atoms with Crippen LogP contribution >= 0.6 is 0 Å². The van der Waals surface area contributed by atoms with Crippen molar-refractivity contribution in [3.8, 4) is 0 Å². The zero-order chi connectivity index (χ0) is 33.6. The first-order chi connectivity index (χ1) is 20.5. The highest BCUT2D eigenvalue weighted by Crippen LogP contribution is 2.33. The lowest BCUT2D eigenvalue weighted by atomic mass is 9.75. The summed E-state index contributed by atoms with van der Waals surface area (Å²) >= 11 is 0. The molecule has 3 atom stereocenters. The van der Waals surface area contributed by atoms with Crippen LogP contribution < -0.4 is 38.4 Å². The molecule has 14 nitrogen and oxygen atoms in total. The maximum atomic E-state index is 13.2. The van der Waals surface area contributed by atoms with Crippen LogP contribution in [0.15, 0.2) is 35.0 Å². The summed E-state index contributed by atoms with van der Waals surface area (Å²) in [5.41, 5.74) is 4.71. The number of carbonyl (C=O) groups excluding carboxylic acids is 5. The number of Topliss-reactive ketones (excluding diaryl/α,β-unsaturated/α-hetero) is 1. The highest BCUT2D eigenvalue weighted by atomic mass is 16.2. The molecule has 8 N–H and O–H groups in total. The fourth-order valence-corrected chi connectivity index (χ4v) is 4.63. The molecule has 0 aliphatic heterocycles. The number of nitrogens with two attached hydrogens (primary N) is 2. The molecule has 0 aromatic carbocycles. The molecule has 0 fully saturated rings. The van der Waals surface area contributed by atoms with Gasteiger partial charge in [-0.25, -0.2) is 5.84 Å². The number of amides is 4. The van der Waals surface area contributed by atoms with Crippen molar-refractivity contribution in [2.24, 2.45) is 22.9 Å². The topological polar surface area (TPSA) is 211 Å². The van der Waals surface area contributed by atoms with Crippen LogP contribution in [-0.2, 0) is 30.5 Å². The van der Waals surface area contributed by atoms with Gasteiger partial charge in [0.1, 0.15) is 24.0 Å². The summed E-state index contributed by atoms with van der Waals surface area (Å²) in [6, 6.07) is 1.40. The fourth-order valence-electron chi connectivity index (χ4n) is 4.63. The van der Waals surface area contributed by atoms with Crippen LogP contribution in [0.5, 0.6) is 0 Å². The van der Waals surface area contributed by atoms with Crippen LogP contribution in [0, 0.1) is 11.3 Å². The third kappa shape index (κ3) is 13.0. The van der Waals surface area contributed by atoms with Crippen molar-refractivity contribution in [1.29, 1.82) is 0 Å². The van der Waals surface area contributed by atoms with E-state index in [0.717, 1.165) is 35.0 Å². The molecule has 1 heterocycles. The van der Waals surface area contributed by atoms with E-state index in [2.05, 4.69) is 49.0 Å². The Labute approximate surface area is 259 Å². The second-order valence-electron chi connectivity index (χ2n) is 12.0. The number of hydrogen-bond acceptors (Lipinski definition) is 9. The number of hydrogen-bond donors (Lipinski definition) is 6. The van der Waals surface area contributed by atoms with Gasteiger partial charge in [-0.3, -0.25) is 28.8 Å². The number of hydrazine groups is 1. The largest absolute Gasteiger partial charge is 0.393 e. The number of nitrogens with one attached hydrogen (secondary N) is 4. The van der Waals surface area contributed by atoms with Gasteiger partial charge in [0.05, 0.1) is 0 Å². The van der Waals surface area contributed by atoms with Crippen LogP contribution in [0.2, 0.25) is 0 Å². The summed E-state index contributed by atoms with van der Waals surface area (Å²) in [4.78, 5) is 75.8. The Kier molecular flexibility index (Phi) is 15.3. The van der Waals surface area contributed by atoms with Gasteiger partial charge in [0.25, 0.3) is 17.4 Å². The molecule has 44 heavy (non-hydrogen) atoms. The second-order valence-corrected chi connectivity index (χ2v) is 12.0. The molecule has 0 saturated heterocycles. The molecule has 246 valence electrons. The normalized spacial score (nSPS) is 13.7. The van der Waals surface area contributed by atoms with E-state index in [1.807, 2.05) is 6.92 Å². The number of aromatic nitrogens is 1. The van der Waals surface area contributed by atoms with Gasteiger partial charge in [0.15, 0.2) is 0 Å². The molecule has 0 radical (unpaired) electrons. The molecule has 0 aliphatic rings. The highest BCUT2D eigenvalue weighted by Gasteiger charge is 2.27. The smallest absolute Gasteiger partial charge is 0.287 e. The molecular weight excluding hydrogens is 568 g/mol. The van der Waals surface area contributed by atoms with Gasteiger partial charge in [-0.2, -0.15) is 0 Å². The van der Waals surface area contributed by atoms with Crippen molar-refractivity contribution >= 4 is 35.1 Å². The predicted octanol–water partition coefficient (Wildman–Crippen LogP) is 0.720. The summed E-state index contributed by atoms with van der Waals surface area (Å²) in [6.45, 7) is 12.2. The van der Waals surface area contributed by atoms with E-state index >= 15 is 0 Å². The van der Waals surface area contributed by atoms with E-state index in [9.17, 15) is 28.8 Å². The first-order valence-electron chi connectivity index (χ1n) is 14.9. The third-order valence-corrected chi connectivity index (χ3v) is 6.98. The van der Waals surface area contributed by atoms with Gasteiger partial charge in [-0.1, -0.05) is 40.5 Å². The van der Waals surface area contributed by atoms with Crippen LogP contribution in [0.4, 0.5) is 5.69 Å². The minimum absolute atomic E-state index is 0.0911. The summed E-state index contributed by atoms with van der Waals surface area (Å²) in [7, 11) is 1.44. The van der Waals surface area contributed by atoms with Gasteiger partial charge in [-0.15, -0.1) is 0 Å². The van der Waals surface area contributed by atoms with E-state index in [0.29, 0.717) is 5.92 Å². The van der Waals surface area contributed by atoms with Crippen molar-refractivity contribution in [1.82, 2.24) is 25.5 Å². The molecule has 14 heteroatoms. The van der Waals surface area contributed by atoms with Crippen molar-refractivity contribution in [3.05, 3.63) is 40.6 Å². The summed E-state index contributed by atoms with van der Waals surface area (Å²) in [5, 5.41) is 11.2. The van der Waals surface area contributed by atoms with Gasteiger partial charge in [0.2, 0.25) is 17.6 Å². The number of pyridine rings is 1. The number of ketones is 1. The number of rotatable bonds is 17. The number of likely N-dealkylation sites (N-methyl/N-ethyl adjacent to an activating group) is 1. The quantitative estimate of drug-likeness (QED) is 0.0628. The van der Waals surface area contributed by atoms with Crippen molar-refractivity contribution in [2.45, 2.75) is 92.3 Å². The maximum absolute atomic E-state index is 13.2. The average Bonchev–Trinajstić information content (AvgIpc) is 2.91. The lowest BCUT2D eigenvalue weighted by Gasteiger charge is -2.33. The van der Waals surface area contributed by atoms with Crippen molar-refractivity contribution < 1.29 is 24.0 Å². The van der Waals surface area contributed by atoms with Gasteiger partial charge >= 0.3 is 0 Å². The molecule has 1 aromatic rings. The first-order valence-corrected chi connectivity index (χ1v) is 14.9. The van der Waals surface area contributed by atoms with Gasteiger partial charge in [0, 0.05) is 38.5 Å². The van der Waals surface area contributed by atoms with Crippen LogP contribution in [0.1, 0.15) is 73.6 Å². The standard InChI is InChI=1S/C30H50N8O6/c1-8-11-20(30(4,5)6)16-19(3)34-25(40)18-38-15-10-12-23(29(38)44)36-27(42)22(13-14-24(39)28(43)33-9-2)35-26(41)21(31)17-37(7)32/h10,12,15,17,19-20,22H,8-9,11,13-14,16,18,31-32H2,1-7H3,(H,33,43)(H,34,40)(H,35,41)(H,36,42)/b21-17-. The average molecular weight is 619 g/mol. The molecule has 0 bridgehead atoms. The van der Waals surface area contributed by atoms with Crippen LogP contribution in [0.3, 0.4) is 0 Å². The molecular formula is C30H50N8O6. The summed E-state index contributed by atoms with van der Waals surface area (Å²) in [6.07, 6.45) is 4.81. The Morgan fingerprint density at radius 3 is 2.30 bits per heavy atom. The Bertz CT molecular complexity index is 1250. The molecule has 3 unspecified atom stereocenters. The van der Waals surface area contributed by atoms with E-state index in [-0.39, 0.29) is 54.7 Å². The third-order valence-electron chi connectivity index (χ3n) is 6.98. The molecule has 0 aliphatic carbocycles. The van der Waals surface area contributed by atoms with Crippen LogP contribution in [0.25, 0.3) is 0 Å². The minimum atomic E-state index is -1.34. The zero-order valence-electron chi connectivity index (χ0n) is 27.0. The Hall–Kier alpha value is -4.20. The second kappa shape index (κ2) is 17.8. The predicted molar refractivity (Wildman–Crippen MR) is 168 cm³/mol. The summed E-state index contributed by atoms with van der Waals surface area (Å²) < 4.78 is 1.16. The molecule has 4 amide bonds. The fraction of sp³-hybridized carbons (Fsp3) is 0.600. The number of anilines is 1. The minimum Gasteiger partial charge on any atom is -0.393 e. The summed E-state index contributed by atoms with van der Waals surface area (Å²) in [5.74, 6) is 2.27. The lowest BCUT2D eigenvalue weighted by molar-refractivity contribution is -0.138. The first kappa shape index (κ1) is 37.8. The van der Waals surface area contributed by atoms with E-state index in [1.165, 1.54) is 25.4 Å². The molecule has 0 spiro atoms. The van der Waals surface area contributed by atoms with E-state index < -0.39 is 35.1 Å². The molecule has 0 saturated carbocycles. The van der Waals surface area contributed by atoms with E-state index in [4.69, 9.17) is 11.6 Å². The van der Waals surface area contributed by atoms with Gasteiger partial charge < -0.3 is 36.6 Å². The number of carbonyl (C=O) groups is 5. The Morgan fingerprint density at radius 2 is 1.73 bits per heavy atom. The van der Waals surface area contributed by atoms with Crippen LogP contribution in [-0.4, -0.2) is 64.7 Å². The van der Waals surface area contributed by atoms with Gasteiger partial charge in [-0.05, 0) is 50.2 Å². The highest BCUT2D eigenvalue weighted by molar-refractivity contribution is 6.36. The maximum Gasteiger partial charge on any atom is 0.287 e. The SMILES string of the molecule is CCCC(CC(C)NC(=O)Cn1cccc(NC(=O)C(CCC(=O)C(=O)NCC)NC(=O)/C(N)=C/N(C)N)c1=O)C(C)(C)C. The number of nitrogens with zero attached hydrogens (tertiary/aromatic N) is 2. The van der Waals surface area contributed by atoms with Crippen molar-refractivity contribution in [3.63, 3.8) is 0 Å². The molecule has 1 aromatic heterocycles. The van der Waals surface area contributed by atoms with E-state index in [1.54, 1.807) is 6.92 Å². The lowest BCUT2D eigenvalue weighted by Crippen LogP contribution is -2.47. The monoisotopic (exact) mass is 618 g/mol.